The topological polar surface area (TPSA) is 79.8 Å². The van der Waals surface area contributed by atoms with Crippen LogP contribution >= 0.6 is 15.9 Å². The Morgan fingerprint density at radius 3 is 2.82 bits per heavy atom. The van der Waals surface area contributed by atoms with Crippen molar-refractivity contribution in [3.63, 3.8) is 0 Å². The summed E-state index contributed by atoms with van der Waals surface area (Å²) in [5, 5.41) is 6.25. The van der Waals surface area contributed by atoms with Crippen molar-refractivity contribution in [2.45, 2.75) is 6.92 Å². The first-order valence-electron chi connectivity index (χ1n) is 4.89. The van der Waals surface area contributed by atoms with Crippen molar-refractivity contribution in [2.75, 3.05) is 17.7 Å². The molecule has 0 saturated heterocycles. The molecule has 2 heterocycles. The molecule has 1 amide bonds. The predicted molar refractivity (Wildman–Crippen MR) is 68.9 cm³/mol. The highest BCUT2D eigenvalue weighted by molar-refractivity contribution is 9.10. The third-order valence-corrected chi connectivity index (χ3v) is 2.65. The van der Waals surface area contributed by atoms with Crippen molar-refractivity contribution < 1.29 is 4.79 Å². The van der Waals surface area contributed by atoms with Gasteiger partial charge in [-0.1, -0.05) is 0 Å². The number of hydrogen-bond acceptors (Lipinski definition) is 5. The molecule has 6 nitrogen and oxygen atoms in total. The van der Waals surface area contributed by atoms with Gasteiger partial charge >= 0.3 is 0 Å². The van der Waals surface area contributed by atoms with Crippen molar-refractivity contribution in [1.29, 1.82) is 0 Å². The van der Waals surface area contributed by atoms with Gasteiger partial charge in [0.1, 0.15) is 5.82 Å². The number of hydrogen-bond donors (Lipinski definition) is 2. The highest BCUT2D eigenvalue weighted by atomic mass is 79.9. The smallest absolute Gasteiger partial charge is 0.231 e. The number of anilines is 2. The second-order valence-corrected chi connectivity index (χ2v) is 4.21. The number of nitrogens with one attached hydrogen (secondary N) is 2. The molecular formula is C10H10BrN5O. The number of amides is 1. The van der Waals surface area contributed by atoms with Gasteiger partial charge in [-0.3, -0.25) is 10.1 Å². The van der Waals surface area contributed by atoms with Gasteiger partial charge < -0.3 is 5.32 Å². The van der Waals surface area contributed by atoms with E-state index in [1.54, 1.807) is 13.2 Å². The minimum Gasteiger partial charge on any atom is -0.372 e. The Morgan fingerprint density at radius 2 is 2.18 bits per heavy atom. The van der Waals surface area contributed by atoms with Crippen molar-refractivity contribution in [3.05, 3.63) is 16.7 Å². The SMILES string of the molecule is CNc1nc2nc(NC(C)=O)ncc2cc1Br. The summed E-state index contributed by atoms with van der Waals surface area (Å²) in [4.78, 5) is 23.4. The van der Waals surface area contributed by atoms with Crippen molar-refractivity contribution in [3.8, 4) is 0 Å². The van der Waals surface area contributed by atoms with Crippen LogP contribution in [0, 0.1) is 0 Å². The molecular weight excluding hydrogens is 286 g/mol. The first-order chi connectivity index (χ1) is 8.10. The molecule has 0 atom stereocenters. The fourth-order valence-corrected chi connectivity index (χ4v) is 1.86. The van der Waals surface area contributed by atoms with Crippen molar-refractivity contribution in [2.24, 2.45) is 0 Å². The second kappa shape index (κ2) is 4.62. The summed E-state index contributed by atoms with van der Waals surface area (Å²) in [5.74, 6) is 0.724. The maximum Gasteiger partial charge on any atom is 0.231 e. The highest BCUT2D eigenvalue weighted by Gasteiger charge is 2.06. The van der Waals surface area contributed by atoms with Crippen LogP contribution in [-0.4, -0.2) is 27.9 Å². The van der Waals surface area contributed by atoms with E-state index in [0.29, 0.717) is 11.5 Å². The van der Waals surface area contributed by atoms with Crippen LogP contribution in [0.15, 0.2) is 16.7 Å². The normalized spacial score (nSPS) is 10.3. The zero-order valence-electron chi connectivity index (χ0n) is 9.28. The largest absolute Gasteiger partial charge is 0.372 e. The average molecular weight is 296 g/mol. The number of pyridine rings is 1. The second-order valence-electron chi connectivity index (χ2n) is 3.36. The fourth-order valence-electron chi connectivity index (χ4n) is 1.33. The maximum atomic E-state index is 10.9. The summed E-state index contributed by atoms with van der Waals surface area (Å²) >= 11 is 3.39. The lowest BCUT2D eigenvalue weighted by atomic mass is 10.3. The molecule has 0 aliphatic carbocycles. The Bertz CT molecular complexity index is 586. The van der Waals surface area contributed by atoms with E-state index in [9.17, 15) is 4.79 Å². The third-order valence-electron chi connectivity index (χ3n) is 2.05. The van der Waals surface area contributed by atoms with E-state index in [-0.39, 0.29) is 11.9 Å². The van der Waals surface area contributed by atoms with Gasteiger partial charge in [0.05, 0.1) is 4.47 Å². The Balaban J connectivity index is 2.52. The lowest BCUT2D eigenvalue weighted by Crippen LogP contribution is -2.09. The fraction of sp³-hybridized carbons (Fsp3) is 0.200. The van der Waals surface area contributed by atoms with Gasteiger partial charge in [-0.05, 0) is 22.0 Å². The number of nitrogens with zero attached hydrogens (tertiary/aromatic N) is 3. The number of carbonyl (C=O) groups is 1. The van der Waals surface area contributed by atoms with Crippen molar-refractivity contribution >= 4 is 44.6 Å². The molecule has 0 aliphatic heterocycles. The van der Waals surface area contributed by atoms with E-state index >= 15 is 0 Å². The van der Waals surface area contributed by atoms with E-state index in [4.69, 9.17) is 0 Å². The standard InChI is InChI=1S/C10H10BrN5O/c1-5(17)14-10-13-4-6-3-7(11)9(12-2)15-8(6)16-10/h3-4H,1-2H3,(H2,12,13,14,15,16,17). The number of rotatable bonds is 2. The first kappa shape index (κ1) is 11.7. The third kappa shape index (κ3) is 2.50. The van der Waals surface area contributed by atoms with E-state index in [0.717, 1.165) is 9.86 Å². The average Bonchev–Trinajstić information content (AvgIpc) is 2.28. The van der Waals surface area contributed by atoms with Gasteiger partial charge in [0.2, 0.25) is 11.9 Å². The zero-order chi connectivity index (χ0) is 12.4. The molecule has 0 bridgehead atoms. The zero-order valence-corrected chi connectivity index (χ0v) is 10.9. The molecule has 2 rings (SSSR count). The molecule has 0 spiro atoms. The minimum atomic E-state index is -0.213. The molecule has 2 N–H and O–H groups in total. The quantitative estimate of drug-likeness (QED) is 0.883. The van der Waals surface area contributed by atoms with Gasteiger partial charge in [0.25, 0.3) is 0 Å². The molecule has 0 radical (unpaired) electrons. The van der Waals surface area contributed by atoms with Crippen LogP contribution < -0.4 is 10.6 Å². The molecule has 0 aliphatic rings. The van der Waals surface area contributed by atoms with Crippen LogP contribution in [-0.2, 0) is 4.79 Å². The molecule has 0 fully saturated rings. The van der Waals surface area contributed by atoms with Gasteiger partial charge in [-0.15, -0.1) is 0 Å². The molecule has 7 heteroatoms. The number of carbonyl (C=O) groups excluding carboxylic acids is 1. The molecule has 2 aromatic heterocycles. The highest BCUT2D eigenvalue weighted by Crippen LogP contribution is 2.24. The Kier molecular flexibility index (Phi) is 3.19. The summed E-state index contributed by atoms with van der Waals surface area (Å²) in [5.41, 5.74) is 0.524. The summed E-state index contributed by atoms with van der Waals surface area (Å²) in [6.45, 7) is 1.40. The van der Waals surface area contributed by atoms with Crippen LogP contribution in [0.25, 0.3) is 11.0 Å². The monoisotopic (exact) mass is 295 g/mol. The summed E-state index contributed by atoms with van der Waals surface area (Å²) < 4.78 is 0.836. The predicted octanol–water partition coefficient (Wildman–Crippen LogP) is 1.79. The Hall–Kier alpha value is -1.76. The Labute approximate surface area is 106 Å². The van der Waals surface area contributed by atoms with E-state index in [1.165, 1.54) is 6.92 Å². The molecule has 17 heavy (non-hydrogen) atoms. The summed E-state index contributed by atoms with van der Waals surface area (Å²) in [7, 11) is 1.77. The number of aromatic nitrogens is 3. The van der Waals surface area contributed by atoms with Crippen LogP contribution in [0.2, 0.25) is 0 Å². The lowest BCUT2D eigenvalue weighted by molar-refractivity contribution is -0.114. The van der Waals surface area contributed by atoms with Gasteiger partial charge in [0, 0.05) is 25.6 Å². The van der Waals surface area contributed by atoms with E-state index < -0.39 is 0 Å². The Morgan fingerprint density at radius 1 is 1.41 bits per heavy atom. The maximum absolute atomic E-state index is 10.9. The van der Waals surface area contributed by atoms with Crippen molar-refractivity contribution in [1.82, 2.24) is 15.0 Å². The van der Waals surface area contributed by atoms with Gasteiger partial charge in [-0.25, -0.2) is 9.97 Å². The summed E-state index contributed by atoms with van der Waals surface area (Å²) in [6.07, 6.45) is 1.62. The van der Waals surface area contributed by atoms with Crippen LogP contribution in [0.4, 0.5) is 11.8 Å². The molecule has 0 unspecified atom stereocenters. The molecule has 0 aromatic carbocycles. The molecule has 88 valence electrons. The minimum absolute atomic E-state index is 0.213. The van der Waals surface area contributed by atoms with E-state index in [2.05, 4.69) is 41.5 Å². The van der Waals surface area contributed by atoms with E-state index in [1.807, 2.05) is 6.07 Å². The van der Waals surface area contributed by atoms with Gasteiger partial charge in [0.15, 0.2) is 5.65 Å². The molecule has 2 aromatic rings. The van der Waals surface area contributed by atoms with Gasteiger partial charge in [-0.2, -0.15) is 4.98 Å². The van der Waals surface area contributed by atoms with Crippen LogP contribution in [0.1, 0.15) is 6.92 Å². The number of fused-ring (bicyclic) bond motifs is 1. The van der Waals surface area contributed by atoms with Crippen LogP contribution in [0.3, 0.4) is 0 Å². The van der Waals surface area contributed by atoms with Crippen LogP contribution in [0.5, 0.6) is 0 Å². The summed E-state index contributed by atoms with van der Waals surface area (Å²) in [6, 6.07) is 1.87. The first-order valence-corrected chi connectivity index (χ1v) is 5.68. The number of halogens is 1. The lowest BCUT2D eigenvalue weighted by Gasteiger charge is -2.05. The molecule has 0 saturated carbocycles.